The lowest BCUT2D eigenvalue weighted by Gasteiger charge is -2.40. The highest BCUT2D eigenvalue weighted by Crippen LogP contribution is 2.38. The van der Waals surface area contributed by atoms with Gasteiger partial charge in [-0.3, -0.25) is 9.78 Å². The Morgan fingerprint density at radius 1 is 1.24 bits per heavy atom. The Labute approximate surface area is 241 Å². The quantitative estimate of drug-likeness (QED) is 0.330. The van der Waals surface area contributed by atoms with Gasteiger partial charge >= 0.3 is 5.69 Å². The van der Waals surface area contributed by atoms with Crippen molar-refractivity contribution >= 4 is 34.4 Å². The van der Waals surface area contributed by atoms with Gasteiger partial charge in [0.05, 0.1) is 33.0 Å². The largest absolute Gasteiger partial charge is 0.507 e. The lowest BCUT2D eigenvalue weighted by atomic mass is 10.1. The number of aromatic nitrogens is 4. The van der Waals surface area contributed by atoms with Crippen LogP contribution in [-0.4, -0.2) is 61.1 Å². The number of halogens is 2. The van der Waals surface area contributed by atoms with Crippen LogP contribution in [-0.2, 0) is 11.2 Å². The van der Waals surface area contributed by atoms with Gasteiger partial charge in [0.15, 0.2) is 5.65 Å². The molecule has 1 fully saturated rings. The average molecular weight is 577 g/mol. The molecule has 0 unspecified atom stereocenters. The lowest BCUT2D eigenvalue weighted by Crippen LogP contribution is -2.54. The van der Waals surface area contributed by atoms with Gasteiger partial charge in [0.2, 0.25) is 5.91 Å². The van der Waals surface area contributed by atoms with Gasteiger partial charge in [0.1, 0.15) is 17.4 Å². The number of carbonyl (C=O) groups is 1. The maximum absolute atomic E-state index is 15.0. The second kappa shape index (κ2) is 11.3. The van der Waals surface area contributed by atoms with Crippen molar-refractivity contribution in [3.8, 4) is 22.7 Å². The topological polar surface area (TPSA) is 104 Å². The fraction of sp³-hybridized carbons (Fsp3) is 0.300. The van der Waals surface area contributed by atoms with Crippen molar-refractivity contribution in [2.24, 2.45) is 5.92 Å². The third-order valence-corrected chi connectivity index (χ3v) is 7.41. The smallest absolute Gasteiger partial charge is 0.355 e. The maximum atomic E-state index is 15.0. The molecule has 1 aromatic carbocycles. The predicted molar refractivity (Wildman–Crippen MR) is 157 cm³/mol. The molecule has 1 atom stereocenters. The van der Waals surface area contributed by atoms with Crippen LogP contribution in [0.1, 0.15) is 26.5 Å². The van der Waals surface area contributed by atoms with Crippen LogP contribution in [0.25, 0.3) is 28.0 Å². The zero-order valence-corrected chi connectivity index (χ0v) is 23.8. The summed E-state index contributed by atoms with van der Waals surface area (Å²) in [5.74, 6) is -0.604. The average Bonchev–Trinajstić information content (AvgIpc) is 2.93. The summed E-state index contributed by atoms with van der Waals surface area (Å²) in [6.07, 6.45) is 3.54. The molecule has 5 rings (SSSR count). The highest BCUT2D eigenvalue weighted by Gasteiger charge is 2.30. The Balaban J connectivity index is 1.79. The van der Waals surface area contributed by atoms with Gasteiger partial charge in [0, 0.05) is 31.9 Å². The fourth-order valence-corrected chi connectivity index (χ4v) is 5.49. The Morgan fingerprint density at radius 2 is 2.02 bits per heavy atom. The van der Waals surface area contributed by atoms with Crippen molar-refractivity contribution in [1.82, 2.24) is 24.4 Å². The summed E-state index contributed by atoms with van der Waals surface area (Å²) in [7, 11) is 0. The molecule has 0 spiro atoms. The zero-order chi connectivity index (χ0) is 29.4. The molecule has 11 heteroatoms. The first-order valence-corrected chi connectivity index (χ1v) is 13.7. The molecule has 0 saturated carbocycles. The van der Waals surface area contributed by atoms with Crippen molar-refractivity contribution in [2.75, 3.05) is 24.5 Å². The van der Waals surface area contributed by atoms with Crippen LogP contribution in [0.2, 0.25) is 5.02 Å². The van der Waals surface area contributed by atoms with Crippen LogP contribution in [0, 0.1) is 11.7 Å². The van der Waals surface area contributed by atoms with Crippen molar-refractivity contribution in [3.05, 3.63) is 82.3 Å². The summed E-state index contributed by atoms with van der Waals surface area (Å²) in [6, 6.07) is 8.83. The number of hydrogen-bond donors (Lipinski definition) is 1. The van der Waals surface area contributed by atoms with Gasteiger partial charge in [-0.15, -0.1) is 0 Å². The van der Waals surface area contributed by atoms with Crippen LogP contribution >= 0.6 is 11.6 Å². The number of piperazine rings is 1. The Hall–Kier alpha value is -4.31. The van der Waals surface area contributed by atoms with Crippen LogP contribution in [0.15, 0.2) is 60.0 Å². The molecule has 212 valence electrons. The SMILES string of the molecule is C=CC(=O)N1CCN(c2nc(=O)n(-c3cccnc3CC(C)C)c3nc(-c4c(O)cccc4F)c(Cl)cc23)[C@@H](C)C1. The lowest BCUT2D eigenvalue weighted by molar-refractivity contribution is -0.126. The van der Waals surface area contributed by atoms with Crippen molar-refractivity contribution < 1.29 is 14.3 Å². The number of pyridine rings is 2. The van der Waals surface area contributed by atoms with E-state index in [9.17, 15) is 19.1 Å². The van der Waals surface area contributed by atoms with Crippen LogP contribution in [0.3, 0.4) is 0 Å². The van der Waals surface area contributed by atoms with Crippen molar-refractivity contribution in [2.45, 2.75) is 33.2 Å². The third kappa shape index (κ3) is 5.27. The van der Waals surface area contributed by atoms with E-state index in [0.29, 0.717) is 48.6 Å². The highest BCUT2D eigenvalue weighted by molar-refractivity contribution is 6.34. The molecule has 1 N–H and O–H groups in total. The number of benzene rings is 1. The molecular weight excluding hydrogens is 547 g/mol. The van der Waals surface area contributed by atoms with E-state index < -0.39 is 11.5 Å². The number of anilines is 1. The zero-order valence-electron chi connectivity index (χ0n) is 23.0. The minimum atomic E-state index is -0.708. The molecule has 3 aromatic heterocycles. The molecule has 1 amide bonds. The second-order valence-electron chi connectivity index (χ2n) is 10.5. The molecule has 4 heterocycles. The van der Waals surface area contributed by atoms with Crippen molar-refractivity contribution in [1.29, 1.82) is 0 Å². The minimum Gasteiger partial charge on any atom is -0.507 e. The maximum Gasteiger partial charge on any atom is 0.355 e. The molecule has 1 aliphatic rings. The number of fused-ring (bicyclic) bond motifs is 1. The van der Waals surface area contributed by atoms with Gasteiger partial charge < -0.3 is 14.9 Å². The Kier molecular flexibility index (Phi) is 7.77. The molecule has 0 radical (unpaired) electrons. The Bertz CT molecular complexity index is 1700. The highest BCUT2D eigenvalue weighted by atomic mass is 35.5. The first kappa shape index (κ1) is 28.2. The van der Waals surface area contributed by atoms with Crippen LogP contribution in [0.4, 0.5) is 10.2 Å². The number of phenols is 1. The minimum absolute atomic E-state index is 0.0104. The van der Waals surface area contributed by atoms with Gasteiger partial charge in [-0.2, -0.15) is 4.98 Å². The van der Waals surface area contributed by atoms with Gasteiger partial charge in [0.25, 0.3) is 0 Å². The normalized spacial score (nSPS) is 15.5. The molecule has 41 heavy (non-hydrogen) atoms. The van der Waals surface area contributed by atoms with E-state index in [-0.39, 0.29) is 45.5 Å². The van der Waals surface area contributed by atoms with Crippen LogP contribution in [0.5, 0.6) is 5.75 Å². The van der Waals surface area contributed by atoms with E-state index in [4.69, 9.17) is 16.6 Å². The van der Waals surface area contributed by atoms with Gasteiger partial charge in [-0.1, -0.05) is 38.1 Å². The van der Waals surface area contributed by atoms with Gasteiger partial charge in [-0.25, -0.2) is 18.7 Å². The molecular formula is C30H30ClFN6O3. The van der Waals surface area contributed by atoms with E-state index in [2.05, 4.69) is 30.4 Å². The van der Waals surface area contributed by atoms with E-state index in [1.165, 1.54) is 28.8 Å². The van der Waals surface area contributed by atoms with Gasteiger partial charge in [-0.05, 0) is 55.7 Å². The number of nitrogens with zero attached hydrogens (tertiary/aromatic N) is 6. The first-order valence-electron chi connectivity index (χ1n) is 13.3. The summed E-state index contributed by atoms with van der Waals surface area (Å²) in [4.78, 5) is 43.5. The predicted octanol–water partition coefficient (Wildman–Crippen LogP) is 4.76. The van der Waals surface area contributed by atoms with E-state index >= 15 is 0 Å². The molecule has 4 aromatic rings. The summed E-state index contributed by atoms with van der Waals surface area (Å²) in [5, 5.41) is 11.1. The van der Waals surface area contributed by atoms with E-state index in [1.54, 1.807) is 29.3 Å². The van der Waals surface area contributed by atoms with Crippen LogP contribution < -0.4 is 10.6 Å². The first-order chi connectivity index (χ1) is 19.6. The second-order valence-corrected chi connectivity index (χ2v) is 10.9. The van der Waals surface area contributed by atoms with E-state index in [1.807, 2.05) is 11.8 Å². The number of aromatic hydroxyl groups is 1. The Morgan fingerprint density at radius 3 is 2.71 bits per heavy atom. The third-order valence-electron chi connectivity index (χ3n) is 7.12. The summed E-state index contributed by atoms with van der Waals surface area (Å²) >= 11 is 6.70. The number of amides is 1. The molecule has 9 nitrogen and oxygen atoms in total. The summed E-state index contributed by atoms with van der Waals surface area (Å²) in [5.41, 5.74) is 0.595. The fourth-order valence-electron chi connectivity index (χ4n) is 5.24. The van der Waals surface area contributed by atoms with Crippen molar-refractivity contribution in [3.63, 3.8) is 0 Å². The molecule has 0 bridgehead atoms. The van der Waals surface area contributed by atoms with E-state index in [0.717, 1.165) is 0 Å². The summed E-state index contributed by atoms with van der Waals surface area (Å²) in [6.45, 7) is 10.8. The molecule has 0 aliphatic carbocycles. The number of carbonyl (C=O) groups excluding carboxylic acids is 1. The molecule has 1 aliphatic heterocycles. The number of hydrogen-bond acceptors (Lipinski definition) is 7. The number of phenolic OH excluding ortho intramolecular Hbond substituents is 1. The standard InChI is InChI=1S/C30H30ClFN6O3/c1-5-25(40)36-12-13-37(18(4)16-36)28-19-15-20(31)27(26-21(32)8-6-10-24(26)39)34-29(19)38(30(41)35-28)23-9-7-11-33-22(23)14-17(2)3/h5-11,15,17-18,39H,1,12-14,16H2,2-4H3/t18-/m0/s1. The molecule has 1 saturated heterocycles. The number of rotatable bonds is 6. The monoisotopic (exact) mass is 576 g/mol. The summed E-state index contributed by atoms with van der Waals surface area (Å²) < 4.78 is 16.3.